The lowest BCUT2D eigenvalue weighted by molar-refractivity contribution is 0.0970. The molecule has 0 aliphatic heterocycles. The van der Waals surface area contributed by atoms with E-state index in [-0.39, 0.29) is 28.6 Å². The van der Waals surface area contributed by atoms with Crippen LogP contribution in [-0.2, 0) is 27.4 Å². The van der Waals surface area contributed by atoms with Crippen molar-refractivity contribution in [2.45, 2.75) is 63.8 Å². The third kappa shape index (κ3) is 4.98. The molecule has 182 valence electrons. The van der Waals surface area contributed by atoms with Gasteiger partial charge in [0.15, 0.2) is 5.78 Å². The van der Waals surface area contributed by atoms with Gasteiger partial charge in [0.05, 0.1) is 11.4 Å². The number of imidazole rings is 1. The molecule has 1 heterocycles. The standard InChI is InChI=1S/C25H30ClN3O4S/c1-24(2,3)19-14-17(15-20(22(19)31)25(4,5)6)21(30)16-28-12-13-29(23(28)27-26)34(32,33)18-10-8-7-9-11-18/h7-15,31H,16H2,1-6H3. The highest BCUT2D eigenvalue weighted by atomic mass is 35.5. The van der Waals surface area contributed by atoms with Crippen LogP contribution < -0.4 is 5.62 Å². The van der Waals surface area contributed by atoms with Crippen LogP contribution in [0, 0.1) is 0 Å². The van der Waals surface area contributed by atoms with Crippen molar-refractivity contribution < 1.29 is 18.3 Å². The van der Waals surface area contributed by atoms with E-state index in [1.54, 1.807) is 30.3 Å². The monoisotopic (exact) mass is 503 g/mol. The van der Waals surface area contributed by atoms with Crippen molar-refractivity contribution in [3.63, 3.8) is 0 Å². The molecule has 0 aliphatic carbocycles. The molecule has 0 fully saturated rings. The molecule has 0 radical (unpaired) electrons. The Morgan fingerprint density at radius 1 is 0.971 bits per heavy atom. The van der Waals surface area contributed by atoms with E-state index in [2.05, 4.69) is 4.51 Å². The van der Waals surface area contributed by atoms with Gasteiger partial charge in [-0.25, -0.2) is 12.4 Å². The first-order valence-corrected chi connectivity index (χ1v) is 12.6. The largest absolute Gasteiger partial charge is 0.507 e. The van der Waals surface area contributed by atoms with E-state index in [1.165, 1.54) is 29.1 Å². The van der Waals surface area contributed by atoms with Gasteiger partial charge in [0, 0.05) is 40.9 Å². The highest BCUT2D eigenvalue weighted by Crippen LogP contribution is 2.39. The number of hydrogen-bond donors (Lipinski definition) is 1. The zero-order valence-electron chi connectivity index (χ0n) is 20.2. The molecular formula is C25H30ClN3O4S. The van der Waals surface area contributed by atoms with Gasteiger partial charge in [-0.2, -0.15) is 0 Å². The number of carbonyl (C=O) groups is 1. The van der Waals surface area contributed by atoms with E-state index in [0.717, 1.165) is 3.97 Å². The molecule has 7 nitrogen and oxygen atoms in total. The fourth-order valence-electron chi connectivity index (χ4n) is 3.69. The summed E-state index contributed by atoms with van der Waals surface area (Å²) in [7, 11) is -3.95. The van der Waals surface area contributed by atoms with Crippen molar-refractivity contribution in [1.82, 2.24) is 8.54 Å². The number of aromatic nitrogens is 2. The molecule has 0 atom stereocenters. The number of benzene rings is 2. The Bertz CT molecular complexity index is 1360. The number of nitrogens with zero attached hydrogens (tertiary/aromatic N) is 3. The minimum absolute atomic E-state index is 0.0776. The molecule has 0 spiro atoms. The van der Waals surface area contributed by atoms with Gasteiger partial charge < -0.3 is 9.67 Å². The second kappa shape index (κ2) is 9.07. The highest BCUT2D eigenvalue weighted by Gasteiger charge is 2.28. The molecule has 0 saturated heterocycles. The van der Waals surface area contributed by atoms with Crippen LogP contribution in [0.5, 0.6) is 5.75 Å². The summed E-state index contributed by atoms with van der Waals surface area (Å²) in [6, 6.07) is 11.3. The van der Waals surface area contributed by atoms with Crippen LogP contribution in [0.3, 0.4) is 0 Å². The molecule has 3 rings (SSSR count). The van der Waals surface area contributed by atoms with Gasteiger partial charge in [-0.1, -0.05) is 59.7 Å². The van der Waals surface area contributed by atoms with Gasteiger partial charge in [-0.15, -0.1) is 4.51 Å². The van der Waals surface area contributed by atoms with Crippen LogP contribution >= 0.6 is 11.8 Å². The zero-order valence-corrected chi connectivity index (χ0v) is 21.8. The minimum Gasteiger partial charge on any atom is -0.507 e. The van der Waals surface area contributed by atoms with Crippen molar-refractivity contribution in [1.29, 1.82) is 0 Å². The number of Topliss-reactive ketones (excluding diaryl/α,β-unsaturated/α-hetero) is 1. The molecule has 0 amide bonds. The van der Waals surface area contributed by atoms with Crippen LogP contribution in [0.25, 0.3) is 0 Å². The Kier molecular flexibility index (Phi) is 6.88. The van der Waals surface area contributed by atoms with Gasteiger partial charge in [0.1, 0.15) is 5.75 Å². The zero-order chi connectivity index (χ0) is 25.5. The van der Waals surface area contributed by atoms with Crippen LogP contribution in [0.2, 0.25) is 0 Å². The fraction of sp³-hybridized carbons (Fsp3) is 0.360. The topological polar surface area (TPSA) is 93.7 Å². The summed E-state index contributed by atoms with van der Waals surface area (Å²) in [4.78, 5) is 13.4. The van der Waals surface area contributed by atoms with Crippen molar-refractivity contribution >= 4 is 27.6 Å². The van der Waals surface area contributed by atoms with Crippen molar-refractivity contribution in [3.05, 3.63) is 77.2 Å². The van der Waals surface area contributed by atoms with Crippen molar-refractivity contribution in [2.75, 3.05) is 0 Å². The molecule has 0 saturated carbocycles. The Balaban J connectivity index is 2.07. The third-order valence-corrected chi connectivity index (χ3v) is 7.40. The molecular weight excluding hydrogens is 474 g/mol. The predicted octanol–water partition coefficient (Wildman–Crippen LogP) is 4.76. The molecule has 0 aliphatic rings. The van der Waals surface area contributed by atoms with Crippen LogP contribution in [0.4, 0.5) is 0 Å². The number of hydrogen-bond acceptors (Lipinski definition) is 5. The molecule has 1 N–H and O–H groups in total. The molecule has 1 aromatic heterocycles. The van der Waals surface area contributed by atoms with E-state index in [9.17, 15) is 18.3 Å². The number of halogens is 1. The predicted molar refractivity (Wildman–Crippen MR) is 133 cm³/mol. The normalized spacial score (nSPS) is 13.3. The maximum Gasteiger partial charge on any atom is 0.270 e. The number of ketones is 1. The number of carbonyl (C=O) groups excluding carboxylic acids is 1. The molecule has 0 unspecified atom stereocenters. The second-order valence-corrected chi connectivity index (χ2v) is 12.3. The summed E-state index contributed by atoms with van der Waals surface area (Å²) in [6.45, 7) is 11.6. The maximum absolute atomic E-state index is 13.3. The molecule has 3 aromatic rings. The Morgan fingerprint density at radius 3 is 1.97 bits per heavy atom. The Morgan fingerprint density at radius 2 is 1.50 bits per heavy atom. The summed E-state index contributed by atoms with van der Waals surface area (Å²) in [5.74, 6) is -0.0850. The SMILES string of the molecule is CC(C)(C)c1cc(C(=O)Cn2ccn(S(=O)(=O)c3ccccc3)c2=NCl)cc(C(C)(C)C)c1O. The summed E-state index contributed by atoms with van der Waals surface area (Å²) in [5, 5.41) is 10.9. The lowest BCUT2D eigenvalue weighted by atomic mass is 9.78. The average Bonchev–Trinajstić information content (AvgIpc) is 3.16. The second-order valence-electron chi connectivity index (χ2n) is 10.3. The number of phenolic OH excluding ortho intramolecular Hbond substituents is 1. The summed E-state index contributed by atoms with van der Waals surface area (Å²) < 4.78 is 32.1. The van der Waals surface area contributed by atoms with Crippen LogP contribution in [-0.4, -0.2) is 27.8 Å². The first kappa shape index (κ1) is 25.8. The molecule has 9 heteroatoms. The third-order valence-electron chi connectivity index (χ3n) is 5.57. The van der Waals surface area contributed by atoms with Gasteiger partial charge in [0.25, 0.3) is 10.0 Å². The van der Waals surface area contributed by atoms with Gasteiger partial charge in [0.2, 0.25) is 5.62 Å². The van der Waals surface area contributed by atoms with Crippen LogP contribution in [0.15, 0.2) is 64.3 Å². The van der Waals surface area contributed by atoms with E-state index >= 15 is 0 Å². The Labute approximate surface area is 205 Å². The number of aromatic hydroxyl groups is 1. The minimum atomic E-state index is -3.95. The van der Waals surface area contributed by atoms with E-state index in [1.807, 2.05) is 41.5 Å². The quantitative estimate of drug-likeness (QED) is 0.508. The summed E-state index contributed by atoms with van der Waals surface area (Å²) in [6.07, 6.45) is 2.77. The first-order valence-electron chi connectivity index (χ1n) is 10.8. The van der Waals surface area contributed by atoms with Gasteiger partial charge >= 0.3 is 0 Å². The summed E-state index contributed by atoms with van der Waals surface area (Å²) >= 11 is 5.77. The van der Waals surface area contributed by atoms with Crippen molar-refractivity contribution in [3.8, 4) is 5.75 Å². The molecule has 0 bridgehead atoms. The average molecular weight is 504 g/mol. The molecule has 34 heavy (non-hydrogen) atoms. The van der Waals surface area contributed by atoms with Crippen molar-refractivity contribution in [2.24, 2.45) is 4.51 Å². The maximum atomic E-state index is 13.3. The fourth-order valence-corrected chi connectivity index (χ4v) is 5.22. The Hall–Kier alpha value is -2.84. The number of phenols is 1. The number of rotatable bonds is 5. The van der Waals surface area contributed by atoms with Gasteiger partial charge in [-0.05, 0) is 35.1 Å². The van der Waals surface area contributed by atoms with Crippen LogP contribution in [0.1, 0.15) is 63.0 Å². The highest BCUT2D eigenvalue weighted by molar-refractivity contribution is 7.90. The van der Waals surface area contributed by atoms with E-state index < -0.39 is 20.9 Å². The van der Waals surface area contributed by atoms with Gasteiger partial charge in [-0.3, -0.25) is 4.79 Å². The molecule has 2 aromatic carbocycles. The summed E-state index contributed by atoms with van der Waals surface area (Å²) in [5.41, 5.74) is 0.873. The first-order chi connectivity index (χ1) is 15.7. The van der Waals surface area contributed by atoms with E-state index in [0.29, 0.717) is 16.7 Å². The smallest absolute Gasteiger partial charge is 0.270 e. The van der Waals surface area contributed by atoms with E-state index in [4.69, 9.17) is 11.8 Å². The lowest BCUT2D eigenvalue weighted by Gasteiger charge is -2.28. The lowest BCUT2D eigenvalue weighted by Crippen LogP contribution is -2.32.